The predicted molar refractivity (Wildman–Crippen MR) is 58.5 cm³/mol. The number of tetrazole rings is 1. The van der Waals surface area contributed by atoms with E-state index in [1.54, 1.807) is 20.0 Å². The maximum Gasteiger partial charge on any atom is 0.308 e. The Morgan fingerprint density at radius 2 is 2.24 bits per heavy atom. The van der Waals surface area contributed by atoms with Crippen molar-refractivity contribution >= 4 is 17.4 Å². The molecular weight excluding hydrogens is 224 g/mol. The Morgan fingerprint density at radius 1 is 1.47 bits per heavy atom. The van der Waals surface area contributed by atoms with Crippen LogP contribution in [0.25, 0.3) is 5.65 Å². The lowest BCUT2D eigenvalue weighted by molar-refractivity contribution is -0.141. The number of hydrogen-bond donors (Lipinski definition) is 2. The second-order valence-electron chi connectivity index (χ2n) is 3.80. The van der Waals surface area contributed by atoms with Gasteiger partial charge in [-0.15, -0.1) is 5.10 Å². The zero-order valence-electron chi connectivity index (χ0n) is 9.40. The first-order valence-electron chi connectivity index (χ1n) is 5.11. The highest BCUT2D eigenvalue weighted by Gasteiger charge is 2.20. The van der Waals surface area contributed by atoms with Gasteiger partial charge in [-0.1, -0.05) is 0 Å². The average Bonchev–Trinajstić information content (AvgIpc) is 2.76. The van der Waals surface area contributed by atoms with Crippen molar-refractivity contribution in [2.24, 2.45) is 5.92 Å². The smallest absolute Gasteiger partial charge is 0.308 e. The minimum atomic E-state index is -0.859. The van der Waals surface area contributed by atoms with Gasteiger partial charge in [-0.3, -0.25) is 9.78 Å². The number of nitrogens with one attached hydrogen (secondary N) is 1. The van der Waals surface area contributed by atoms with E-state index >= 15 is 0 Å². The van der Waals surface area contributed by atoms with Crippen molar-refractivity contribution in [2.75, 3.05) is 5.32 Å². The molecule has 2 aromatic rings. The molecule has 2 N–H and O–H groups in total. The summed E-state index contributed by atoms with van der Waals surface area (Å²) in [7, 11) is 0. The van der Waals surface area contributed by atoms with Crippen LogP contribution < -0.4 is 5.32 Å². The molecule has 2 unspecified atom stereocenters. The van der Waals surface area contributed by atoms with E-state index in [9.17, 15) is 4.79 Å². The molecule has 8 heteroatoms. The minimum absolute atomic E-state index is 0.260. The highest BCUT2D eigenvalue weighted by atomic mass is 16.4. The van der Waals surface area contributed by atoms with Gasteiger partial charge in [0.15, 0.2) is 11.5 Å². The van der Waals surface area contributed by atoms with Gasteiger partial charge in [-0.25, -0.2) is 0 Å². The molecule has 0 aliphatic carbocycles. The van der Waals surface area contributed by atoms with Gasteiger partial charge in [-0.05, 0) is 24.3 Å². The molecule has 2 aromatic heterocycles. The quantitative estimate of drug-likeness (QED) is 0.772. The summed E-state index contributed by atoms with van der Waals surface area (Å²) in [5.41, 5.74) is 0.505. The van der Waals surface area contributed by atoms with Gasteiger partial charge >= 0.3 is 5.97 Å². The van der Waals surface area contributed by atoms with Crippen molar-refractivity contribution in [2.45, 2.75) is 19.9 Å². The maximum absolute atomic E-state index is 10.8. The van der Waals surface area contributed by atoms with Crippen molar-refractivity contribution in [3.8, 4) is 0 Å². The van der Waals surface area contributed by atoms with E-state index in [0.29, 0.717) is 11.5 Å². The lowest BCUT2D eigenvalue weighted by Gasteiger charge is -2.18. The fraction of sp³-hybridized carbons (Fsp3) is 0.444. The number of fused-ring (bicyclic) bond motifs is 1. The Labute approximate surface area is 96.7 Å². The summed E-state index contributed by atoms with van der Waals surface area (Å²) in [5, 5.41) is 23.0. The van der Waals surface area contributed by atoms with Gasteiger partial charge in [0.25, 0.3) is 0 Å². The summed E-state index contributed by atoms with van der Waals surface area (Å²) in [5.74, 6) is -0.823. The number of carboxylic acids is 1. The summed E-state index contributed by atoms with van der Waals surface area (Å²) in [4.78, 5) is 14.8. The van der Waals surface area contributed by atoms with E-state index in [0.717, 1.165) is 0 Å². The van der Waals surface area contributed by atoms with E-state index < -0.39 is 11.9 Å². The standard InChI is InChI=1S/C9H12N6O2/c1-5(9(16)17)6(2)11-7-3-10-4-8-12-13-14-15(7)8/h3-6,11H,1-2H3,(H,16,17). The number of rotatable bonds is 4. The molecule has 0 aliphatic heterocycles. The van der Waals surface area contributed by atoms with Crippen LogP contribution in [0.5, 0.6) is 0 Å². The molecule has 8 nitrogen and oxygen atoms in total. The second kappa shape index (κ2) is 4.32. The number of nitrogens with zero attached hydrogens (tertiary/aromatic N) is 5. The molecule has 0 bridgehead atoms. The molecule has 0 amide bonds. The lowest BCUT2D eigenvalue weighted by Crippen LogP contribution is -2.30. The Hall–Kier alpha value is -2.25. The molecule has 0 saturated carbocycles. The van der Waals surface area contributed by atoms with Crippen LogP contribution in [0.3, 0.4) is 0 Å². The van der Waals surface area contributed by atoms with Gasteiger partial charge < -0.3 is 10.4 Å². The normalized spacial score (nSPS) is 14.5. The van der Waals surface area contributed by atoms with Crippen molar-refractivity contribution in [1.82, 2.24) is 25.0 Å². The Balaban J connectivity index is 2.23. The average molecular weight is 236 g/mol. The highest BCUT2D eigenvalue weighted by Crippen LogP contribution is 2.12. The summed E-state index contributed by atoms with van der Waals surface area (Å²) < 4.78 is 1.47. The van der Waals surface area contributed by atoms with Crippen LogP contribution in [0.4, 0.5) is 5.82 Å². The van der Waals surface area contributed by atoms with Gasteiger partial charge in [0.1, 0.15) is 0 Å². The Bertz CT molecular complexity index is 539. The predicted octanol–water partition coefficient (Wildman–Crippen LogP) is 0.0404. The molecule has 90 valence electrons. The molecule has 0 fully saturated rings. The summed E-state index contributed by atoms with van der Waals surface area (Å²) in [6.45, 7) is 3.41. The third-order valence-corrected chi connectivity index (χ3v) is 2.62. The highest BCUT2D eigenvalue weighted by molar-refractivity contribution is 5.71. The van der Waals surface area contributed by atoms with Crippen LogP contribution >= 0.6 is 0 Å². The summed E-state index contributed by atoms with van der Waals surface area (Å²) in [6, 6.07) is -0.260. The van der Waals surface area contributed by atoms with Gasteiger partial charge in [0.2, 0.25) is 0 Å². The van der Waals surface area contributed by atoms with Gasteiger partial charge in [0.05, 0.1) is 18.3 Å². The molecule has 17 heavy (non-hydrogen) atoms. The van der Waals surface area contributed by atoms with Crippen molar-refractivity contribution in [3.05, 3.63) is 12.4 Å². The van der Waals surface area contributed by atoms with Crippen LogP contribution in [0.15, 0.2) is 12.4 Å². The number of carboxylic acid groups (broad SMARTS) is 1. The van der Waals surface area contributed by atoms with Crippen LogP contribution in [-0.4, -0.2) is 42.1 Å². The van der Waals surface area contributed by atoms with Crippen molar-refractivity contribution in [3.63, 3.8) is 0 Å². The Kier molecular flexibility index (Phi) is 2.86. The fourth-order valence-corrected chi connectivity index (χ4v) is 1.35. The number of aromatic nitrogens is 5. The SMILES string of the molecule is CC(Nc1cncc2nnnn12)C(C)C(=O)O. The topological polar surface area (TPSA) is 105 Å². The summed E-state index contributed by atoms with van der Waals surface area (Å²) >= 11 is 0. The van der Waals surface area contributed by atoms with Crippen molar-refractivity contribution < 1.29 is 9.90 Å². The second-order valence-corrected chi connectivity index (χ2v) is 3.80. The molecule has 0 radical (unpaired) electrons. The van der Waals surface area contributed by atoms with Crippen LogP contribution in [0.1, 0.15) is 13.8 Å². The summed E-state index contributed by atoms with van der Waals surface area (Å²) in [6.07, 6.45) is 3.07. The fourth-order valence-electron chi connectivity index (χ4n) is 1.35. The first kappa shape index (κ1) is 11.2. The number of hydrogen-bond acceptors (Lipinski definition) is 6. The maximum atomic E-state index is 10.8. The monoisotopic (exact) mass is 236 g/mol. The zero-order chi connectivity index (χ0) is 12.4. The third-order valence-electron chi connectivity index (χ3n) is 2.62. The molecule has 0 spiro atoms. The molecular formula is C9H12N6O2. The molecule has 2 rings (SSSR count). The van der Waals surface area contributed by atoms with Gasteiger partial charge in [-0.2, -0.15) is 4.52 Å². The molecule has 0 aromatic carbocycles. The van der Waals surface area contributed by atoms with Crippen molar-refractivity contribution in [1.29, 1.82) is 0 Å². The van der Waals surface area contributed by atoms with E-state index in [-0.39, 0.29) is 6.04 Å². The zero-order valence-corrected chi connectivity index (χ0v) is 9.40. The van der Waals surface area contributed by atoms with E-state index in [1.165, 1.54) is 10.7 Å². The number of aliphatic carboxylic acids is 1. The largest absolute Gasteiger partial charge is 0.481 e. The first-order chi connectivity index (χ1) is 8.09. The van der Waals surface area contributed by atoms with Crippen LogP contribution in [-0.2, 0) is 4.79 Å². The number of anilines is 1. The van der Waals surface area contributed by atoms with Gasteiger partial charge in [0, 0.05) is 6.04 Å². The third kappa shape index (κ3) is 2.14. The molecule has 0 saturated heterocycles. The molecule has 0 aliphatic rings. The Morgan fingerprint density at radius 3 is 2.94 bits per heavy atom. The number of carbonyl (C=O) groups is 1. The van der Waals surface area contributed by atoms with E-state index in [2.05, 4.69) is 25.8 Å². The minimum Gasteiger partial charge on any atom is -0.481 e. The molecule has 2 heterocycles. The van der Waals surface area contributed by atoms with E-state index in [4.69, 9.17) is 5.11 Å². The first-order valence-corrected chi connectivity index (χ1v) is 5.11. The lowest BCUT2D eigenvalue weighted by atomic mass is 10.0. The molecule has 2 atom stereocenters. The van der Waals surface area contributed by atoms with E-state index in [1.807, 2.05) is 0 Å². The van der Waals surface area contributed by atoms with Crippen LogP contribution in [0.2, 0.25) is 0 Å². The van der Waals surface area contributed by atoms with Crippen LogP contribution in [0, 0.1) is 5.92 Å².